The zero-order valence-electron chi connectivity index (χ0n) is 10.6. The highest BCUT2D eigenvalue weighted by atomic mass is 32.1. The van der Waals surface area contributed by atoms with Gasteiger partial charge in [0.1, 0.15) is 10.8 Å². The van der Waals surface area contributed by atoms with Gasteiger partial charge in [0.25, 0.3) is 0 Å². The molecule has 0 bridgehead atoms. The zero-order valence-corrected chi connectivity index (χ0v) is 11.4. The normalized spacial score (nSPS) is 16.6. The van der Waals surface area contributed by atoms with Gasteiger partial charge in [-0.25, -0.2) is 4.98 Å². The fourth-order valence-corrected chi connectivity index (χ4v) is 3.32. The van der Waals surface area contributed by atoms with Crippen LogP contribution in [0.3, 0.4) is 0 Å². The SMILES string of the molecule is COc1cccc(-c2nc(C)c(C3(N)CC3)s2)c1. The van der Waals surface area contributed by atoms with Crippen LogP contribution in [0.1, 0.15) is 23.4 Å². The van der Waals surface area contributed by atoms with Crippen LogP contribution in [0.25, 0.3) is 10.6 Å². The summed E-state index contributed by atoms with van der Waals surface area (Å²) in [6.07, 6.45) is 2.15. The monoisotopic (exact) mass is 260 g/mol. The number of thiazole rings is 1. The molecule has 2 N–H and O–H groups in total. The Morgan fingerprint density at radius 2 is 2.17 bits per heavy atom. The maximum absolute atomic E-state index is 6.26. The molecule has 2 aromatic rings. The molecule has 0 saturated heterocycles. The highest BCUT2D eigenvalue weighted by Crippen LogP contribution is 2.47. The van der Waals surface area contributed by atoms with Crippen LogP contribution in [-0.4, -0.2) is 12.1 Å². The van der Waals surface area contributed by atoms with Gasteiger partial charge in [0.05, 0.1) is 18.3 Å². The third kappa shape index (κ3) is 1.91. The van der Waals surface area contributed by atoms with E-state index in [0.29, 0.717) is 0 Å². The molecule has 3 rings (SSSR count). The van der Waals surface area contributed by atoms with Crippen LogP contribution in [0.4, 0.5) is 0 Å². The summed E-state index contributed by atoms with van der Waals surface area (Å²) in [5, 5.41) is 1.03. The van der Waals surface area contributed by atoms with Crippen LogP contribution in [0.5, 0.6) is 5.75 Å². The van der Waals surface area contributed by atoms with Crippen molar-refractivity contribution in [1.82, 2.24) is 4.98 Å². The van der Waals surface area contributed by atoms with E-state index >= 15 is 0 Å². The molecule has 1 saturated carbocycles. The summed E-state index contributed by atoms with van der Waals surface area (Å²) < 4.78 is 5.25. The minimum atomic E-state index is -0.0983. The number of nitrogens with two attached hydrogens (primary N) is 1. The maximum Gasteiger partial charge on any atom is 0.124 e. The second kappa shape index (κ2) is 4.07. The fourth-order valence-electron chi connectivity index (χ4n) is 2.10. The fraction of sp³-hybridized carbons (Fsp3) is 0.357. The van der Waals surface area contributed by atoms with Crippen molar-refractivity contribution in [3.8, 4) is 16.3 Å². The number of benzene rings is 1. The highest BCUT2D eigenvalue weighted by molar-refractivity contribution is 7.15. The summed E-state index contributed by atoms with van der Waals surface area (Å²) >= 11 is 1.71. The first-order valence-electron chi connectivity index (χ1n) is 6.03. The predicted molar refractivity (Wildman–Crippen MR) is 73.9 cm³/mol. The second-order valence-electron chi connectivity index (χ2n) is 4.82. The van der Waals surface area contributed by atoms with Crippen molar-refractivity contribution in [2.24, 2.45) is 5.73 Å². The Labute approximate surface area is 111 Å². The highest BCUT2D eigenvalue weighted by Gasteiger charge is 2.43. The first kappa shape index (κ1) is 11.7. The molecule has 0 spiro atoms. The molecule has 1 fully saturated rings. The van der Waals surface area contributed by atoms with Crippen molar-refractivity contribution < 1.29 is 4.74 Å². The van der Waals surface area contributed by atoms with Crippen molar-refractivity contribution in [3.63, 3.8) is 0 Å². The van der Waals surface area contributed by atoms with E-state index in [-0.39, 0.29) is 5.54 Å². The first-order valence-corrected chi connectivity index (χ1v) is 6.85. The van der Waals surface area contributed by atoms with E-state index in [1.165, 1.54) is 4.88 Å². The van der Waals surface area contributed by atoms with E-state index in [2.05, 4.69) is 11.1 Å². The molecule has 1 aliphatic carbocycles. The number of aromatic nitrogens is 1. The van der Waals surface area contributed by atoms with Crippen LogP contribution < -0.4 is 10.5 Å². The molecule has 1 aromatic heterocycles. The molecule has 1 aromatic carbocycles. The lowest BCUT2D eigenvalue weighted by Crippen LogP contribution is -2.18. The Balaban J connectivity index is 2.01. The molecule has 1 aliphatic rings. The van der Waals surface area contributed by atoms with Gasteiger partial charge in [-0.15, -0.1) is 11.3 Å². The van der Waals surface area contributed by atoms with Crippen LogP contribution >= 0.6 is 11.3 Å². The number of rotatable bonds is 3. The van der Waals surface area contributed by atoms with Gasteiger partial charge >= 0.3 is 0 Å². The molecule has 0 aliphatic heterocycles. The van der Waals surface area contributed by atoms with E-state index in [9.17, 15) is 0 Å². The van der Waals surface area contributed by atoms with Crippen LogP contribution in [0.15, 0.2) is 24.3 Å². The Morgan fingerprint density at radius 3 is 2.83 bits per heavy atom. The molecule has 0 unspecified atom stereocenters. The maximum atomic E-state index is 6.26. The van der Waals surface area contributed by atoms with Crippen molar-refractivity contribution in [2.45, 2.75) is 25.3 Å². The summed E-state index contributed by atoms with van der Waals surface area (Å²) in [5.74, 6) is 0.857. The minimum absolute atomic E-state index is 0.0983. The summed E-state index contributed by atoms with van der Waals surface area (Å²) in [7, 11) is 1.68. The summed E-state index contributed by atoms with van der Waals surface area (Å²) in [4.78, 5) is 5.88. The van der Waals surface area contributed by atoms with Gasteiger partial charge in [-0.3, -0.25) is 0 Å². The van der Waals surface area contributed by atoms with E-state index < -0.39 is 0 Å². The third-order valence-electron chi connectivity index (χ3n) is 3.35. The number of methoxy groups -OCH3 is 1. The number of ether oxygens (including phenoxy) is 1. The molecule has 94 valence electrons. The van der Waals surface area contributed by atoms with Gasteiger partial charge in [-0.05, 0) is 31.9 Å². The third-order valence-corrected chi connectivity index (χ3v) is 4.78. The lowest BCUT2D eigenvalue weighted by molar-refractivity contribution is 0.415. The topological polar surface area (TPSA) is 48.1 Å². The van der Waals surface area contributed by atoms with Crippen molar-refractivity contribution in [3.05, 3.63) is 34.8 Å². The average Bonchev–Trinajstić information content (AvgIpc) is 3.00. The van der Waals surface area contributed by atoms with Gasteiger partial charge in [0.15, 0.2) is 0 Å². The Kier molecular flexibility index (Phi) is 2.64. The average molecular weight is 260 g/mol. The Hall–Kier alpha value is -1.39. The predicted octanol–water partition coefficient (Wildman–Crippen LogP) is 3.07. The van der Waals surface area contributed by atoms with Crippen LogP contribution in [-0.2, 0) is 5.54 Å². The van der Waals surface area contributed by atoms with Crippen molar-refractivity contribution in [2.75, 3.05) is 7.11 Å². The quantitative estimate of drug-likeness (QED) is 0.922. The molecule has 0 amide bonds. The lowest BCUT2D eigenvalue weighted by Gasteiger charge is -2.04. The molecular formula is C14H16N2OS. The molecule has 0 radical (unpaired) electrons. The van der Waals surface area contributed by atoms with E-state index in [1.807, 2.05) is 25.1 Å². The Morgan fingerprint density at radius 1 is 1.39 bits per heavy atom. The summed E-state index contributed by atoms with van der Waals surface area (Å²) in [5.41, 5.74) is 8.33. The number of nitrogens with zero attached hydrogens (tertiary/aromatic N) is 1. The van der Waals surface area contributed by atoms with Crippen LogP contribution in [0, 0.1) is 6.92 Å². The van der Waals surface area contributed by atoms with Crippen molar-refractivity contribution >= 4 is 11.3 Å². The Bertz CT molecular complexity index is 587. The smallest absolute Gasteiger partial charge is 0.124 e. The van der Waals surface area contributed by atoms with Gasteiger partial charge in [-0.1, -0.05) is 12.1 Å². The summed E-state index contributed by atoms with van der Waals surface area (Å²) in [6.45, 7) is 2.04. The van der Waals surface area contributed by atoms with Crippen molar-refractivity contribution in [1.29, 1.82) is 0 Å². The van der Waals surface area contributed by atoms with Crippen LogP contribution in [0.2, 0.25) is 0 Å². The van der Waals surface area contributed by atoms with Gasteiger partial charge in [0, 0.05) is 10.4 Å². The molecule has 1 heterocycles. The van der Waals surface area contributed by atoms with Gasteiger partial charge < -0.3 is 10.5 Å². The number of aryl methyl sites for hydroxylation is 1. The van der Waals surface area contributed by atoms with Gasteiger partial charge in [-0.2, -0.15) is 0 Å². The first-order chi connectivity index (χ1) is 8.62. The molecular weight excluding hydrogens is 244 g/mol. The standard InChI is InChI=1S/C14H16N2OS/c1-9-12(14(15)6-7-14)18-13(16-9)10-4-3-5-11(8-10)17-2/h3-5,8H,6-7,15H2,1-2H3. The summed E-state index contributed by atoms with van der Waals surface area (Å²) in [6, 6.07) is 7.99. The van der Waals surface area contributed by atoms with Gasteiger partial charge in [0.2, 0.25) is 0 Å². The molecule has 4 heteroatoms. The lowest BCUT2D eigenvalue weighted by atomic mass is 10.2. The van der Waals surface area contributed by atoms with E-state index in [0.717, 1.165) is 34.9 Å². The number of hydrogen-bond acceptors (Lipinski definition) is 4. The molecule has 3 nitrogen and oxygen atoms in total. The molecule has 0 atom stereocenters. The minimum Gasteiger partial charge on any atom is -0.497 e. The molecule has 18 heavy (non-hydrogen) atoms. The second-order valence-corrected chi connectivity index (χ2v) is 5.82. The van der Waals surface area contributed by atoms with E-state index in [1.54, 1.807) is 18.4 Å². The largest absolute Gasteiger partial charge is 0.497 e. The van der Waals surface area contributed by atoms with E-state index in [4.69, 9.17) is 10.5 Å². The zero-order chi connectivity index (χ0) is 12.8. The number of hydrogen-bond donors (Lipinski definition) is 1.